The molecule has 0 fully saturated rings. The van der Waals surface area contributed by atoms with E-state index in [0.717, 1.165) is 54.2 Å². The molecule has 8 aromatic rings. The molecule has 4 nitrogen and oxygen atoms in total. The summed E-state index contributed by atoms with van der Waals surface area (Å²) in [6.07, 6.45) is 0. The van der Waals surface area contributed by atoms with E-state index in [-0.39, 0.29) is 0 Å². The van der Waals surface area contributed by atoms with Crippen molar-refractivity contribution in [2.24, 2.45) is 0 Å². The van der Waals surface area contributed by atoms with Crippen LogP contribution in [0.25, 0.3) is 78.4 Å². The van der Waals surface area contributed by atoms with Crippen LogP contribution in [0.3, 0.4) is 0 Å². The minimum absolute atomic E-state index is 0.610. The second kappa shape index (κ2) is 11.0. The Kier molecular flexibility index (Phi) is 6.58. The van der Waals surface area contributed by atoms with E-state index >= 15 is 0 Å². The molecular formula is C39H24BrN3O. The number of halogens is 1. The van der Waals surface area contributed by atoms with Gasteiger partial charge in [-0.25, -0.2) is 15.0 Å². The zero-order valence-electron chi connectivity index (χ0n) is 23.5. The maximum Gasteiger partial charge on any atom is 0.164 e. The predicted octanol–water partition coefficient (Wildman–Crippen LogP) is 10.9. The summed E-state index contributed by atoms with van der Waals surface area (Å²) in [6.45, 7) is 0. The van der Waals surface area contributed by atoms with E-state index in [1.165, 1.54) is 11.1 Å². The number of aromatic nitrogens is 3. The van der Waals surface area contributed by atoms with E-state index in [1.807, 2.05) is 60.7 Å². The molecule has 44 heavy (non-hydrogen) atoms. The molecule has 2 heterocycles. The Morgan fingerprint density at radius 1 is 0.386 bits per heavy atom. The molecule has 0 radical (unpaired) electrons. The van der Waals surface area contributed by atoms with Crippen LogP contribution in [-0.4, -0.2) is 15.0 Å². The Morgan fingerprint density at radius 2 is 0.864 bits per heavy atom. The minimum atomic E-state index is 0.610. The number of hydrogen-bond acceptors (Lipinski definition) is 4. The number of furan rings is 1. The van der Waals surface area contributed by atoms with Gasteiger partial charge in [0.2, 0.25) is 0 Å². The monoisotopic (exact) mass is 629 g/mol. The first-order valence-corrected chi connectivity index (χ1v) is 15.2. The summed E-state index contributed by atoms with van der Waals surface area (Å²) in [4.78, 5) is 14.9. The normalized spacial score (nSPS) is 11.3. The first-order chi connectivity index (χ1) is 21.7. The molecule has 6 aromatic carbocycles. The Hall–Kier alpha value is -5.39. The van der Waals surface area contributed by atoms with Crippen LogP contribution in [-0.2, 0) is 0 Å². The maximum atomic E-state index is 6.16. The van der Waals surface area contributed by atoms with Gasteiger partial charge in [-0.2, -0.15) is 0 Å². The number of nitrogens with zero attached hydrogens (tertiary/aromatic N) is 3. The molecule has 0 N–H and O–H groups in total. The van der Waals surface area contributed by atoms with Gasteiger partial charge in [-0.15, -0.1) is 0 Å². The van der Waals surface area contributed by atoms with Crippen molar-refractivity contribution in [1.29, 1.82) is 0 Å². The lowest BCUT2D eigenvalue weighted by molar-refractivity contribution is 0.669. The fourth-order valence-electron chi connectivity index (χ4n) is 5.61. The van der Waals surface area contributed by atoms with Crippen LogP contribution in [0.1, 0.15) is 0 Å². The van der Waals surface area contributed by atoms with Gasteiger partial charge in [-0.3, -0.25) is 0 Å². The number of hydrogen-bond donors (Lipinski definition) is 0. The molecular weight excluding hydrogens is 606 g/mol. The van der Waals surface area contributed by atoms with Gasteiger partial charge in [-0.1, -0.05) is 137 Å². The van der Waals surface area contributed by atoms with Crippen LogP contribution >= 0.6 is 15.9 Å². The Balaban J connectivity index is 1.20. The molecule has 8 rings (SSSR count). The molecule has 2 aromatic heterocycles. The van der Waals surface area contributed by atoms with Gasteiger partial charge in [0.05, 0.1) is 0 Å². The van der Waals surface area contributed by atoms with E-state index < -0.39 is 0 Å². The Morgan fingerprint density at radius 3 is 1.50 bits per heavy atom. The fraction of sp³-hybridized carbons (Fsp3) is 0. The first kappa shape index (κ1) is 26.3. The molecule has 0 saturated heterocycles. The third-order valence-electron chi connectivity index (χ3n) is 7.85. The van der Waals surface area contributed by atoms with E-state index in [2.05, 4.69) is 101 Å². The van der Waals surface area contributed by atoms with Crippen molar-refractivity contribution in [2.45, 2.75) is 0 Å². The van der Waals surface area contributed by atoms with E-state index in [1.54, 1.807) is 0 Å². The fourth-order valence-corrected chi connectivity index (χ4v) is 5.88. The smallest absolute Gasteiger partial charge is 0.164 e. The van der Waals surface area contributed by atoms with Crippen molar-refractivity contribution >= 4 is 37.9 Å². The summed E-state index contributed by atoms with van der Waals surface area (Å²) in [5.41, 5.74) is 9.07. The van der Waals surface area contributed by atoms with E-state index in [4.69, 9.17) is 19.4 Å². The standard InChI is InChI=1S/C39H24BrN3O/c40-31-23-21-28(22-24-31)26-15-13-25(14-16-26)27-17-19-30(20-18-27)38-41-37(29-7-2-1-3-8-29)42-39(43-38)33-10-6-12-35-36(33)32-9-4-5-11-34(32)44-35/h1-24H. The van der Waals surface area contributed by atoms with Gasteiger partial charge in [0.25, 0.3) is 0 Å². The quantitative estimate of drug-likeness (QED) is 0.190. The van der Waals surface area contributed by atoms with Crippen molar-refractivity contribution in [3.8, 4) is 56.4 Å². The molecule has 208 valence electrons. The Bertz CT molecular complexity index is 2260. The molecule has 0 unspecified atom stereocenters. The molecule has 0 bridgehead atoms. The zero-order chi connectivity index (χ0) is 29.5. The van der Waals surface area contributed by atoms with Gasteiger partial charge in [0.1, 0.15) is 11.2 Å². The highest BCUT2D eigenvalue weighted by Crippen LogP contribution is 2.36. The summed E-state index contributed by atoms with van der Waals surface area (Å²) in [5, 5.41) is 2.04. The summed E-state index contributed by atoms with van der Waals surface area (Å²) in [5.74, 6) is 1.86. The lowest BCUT2D eigenvalue weighted by Crippen LogP contribution is -2.00. The zero-order valence-corrected chi connectivity index (χ0v) is 25.1. The number of rotatable bonds is 5. The summed E-state index contributed by atoms with van der Waals surface area (Å²) < 4.78 is 7.24. The number of benzene rings is 6. The number of fused-ring (bicyclic) bond motifs is 3. The maximum absolute atomic E-state index is 6.16. The molecule has 0 aliphatic carbocycles. The summed E-state index contributed by atoms with van der Waals surface area (Å²) in [7, 11) is 0. The van der Waals surface area contributed by atoms with Gasteiger partial charge in [0.15, 0.2) is 17.5 Å². The highest BCUT2D eigenvalue weighted by atomic mass is 79.9. The number of para-hydroxylation sites is 1. The topological polar surface area (TPSA) is 51.8 Å². The van der Waals surface area contributed by atoms with E-state index in [0.29, 0.717) is 17.5 Å². The van der Waals surface area contributed by atoms with Crippen molar-refractivity contribution in [1.82, 2.24) is 15.0 Å². The SMILES string of the molecule is Brc1ccc(-c2ccc(-c3ccc(-c4nc(-c5ccccc5)nc(-c5cccc6oc7ccccc7c56)n4)cc3)cc2)cc1. The van der Waals surface area contributed by atoms with Crippen LogP contribution in [0.5, 0.6) is 0 Å². The third-order valence-corrected chi connectivity index (χ3v) is 8.38. The molecule has 0 spiro atoms. The third kappa shape index (κ3) is 4.87. The van der Waals surface area contributed by atoms with Crippen LogP contribution in [0, 0.1) is 0 Å². The Labute approximate surface area is 262 Å². The second-order valence-corrected chi connectivity index (χ2v) is 11.5. The van der Waals surface area contributed by atoms with Gasteiger partial charge in [-0.05, 0) is 46.5 Å². The van der Waals surface area contributed by atoms with Gasteiger partial charge >= 0.3 is 0 Å². The van der Waals surface area contributed by atoms with Crippen molar-refractivity contribution in [3.63, 3.8) is 0 Å². The summed E-state index contributed by atoms with van der Waals surface area (Å²) in [6, 6.07) is 49.6. The highest BCUT2D eigenvalue weighted by Gasteiger charge is 2.17. The molecule has 5 heteroatoms. The second-order valence-electron chi connectivity index (χ2n) is 10.6. The average Bonchev–Trinajstić information content (AvgIpc) is 3.48. The largest absolute Gasteiger partial charge is 0.456 e. The highest BCUT2D eigenvalue weighted by molar-refractivity contribution is 9.10. The molecule has 0 atom stereocenters. The predicted molar refractivity (Wildman–Crippen MR) is 182 cm³/mol. The van der Waals surface area contributed by atoms with Crippen LogP contribution in [0.4, 0.5) is 0 Å². The van der Waals surface area contributed by atoms with Crippen LogP contribution in [0.15, 0.2) is 154 Å². The molecule has 0 aliphatic heterocycles. The van der Waals surface area contributed by atoms with E-state index in [9.17, 15) is 0 Å². The lowest BCUT2D eigenvalue weighted by Gasteiger charge is -2.10. The molecule has 0 aliphatic rings. The van der Waals surface area contributed by atoms with Crippen LogP contribution in [0.2, 0.25) is 0 Å². The summed E-state index contributed by atoms with van der Waals surface area (Å²) >= 11 is 3.51. The lowest BCUT2D eigenvalue weighted by atomic mass is 9.99. The van der Waals surface area contributed by atoms with Crippen molar-refractivity contribution in [2.75, 3.05) is 0 Å². The first-order valence-electron chi connectivity index (χ1n) is 14.4. The van der Waals surface area contributed by atoms with Crippen molar-refractivity contribution in [3.05, 3.63) is 150 Å². The molecule has 0 amide bonds. The van der Waals surface area contributed by atoms with Gasteiger partial charge < -0.3 is 4.42 Å². The van der Waals surface area contributed by atoms with Gasteiger partial charge in [0, 0.05) is 31.9 Å². The minimum Gasteiger partial charge on any atom is -0.456 e. The van der Waals surface area contributed by atoms with Crippen LogP contribution < -0.4 is 0 Å². The average molecular weight is 631 g/mol. The van der Waals surface area contributed by atoms with Crippen molar-refractivity contribution < 1.29 is 4.42 Å². The molecule has 0 saturated carbocycles.